The number of carbonyl (C=O) groups excluding carboxylic acids is 2. The normalized spacial score (nSPS) is 13.8. The Morgan fingerprint density at radius 3 is 2.73 bits per heavy atom. The third-order valence-electron chi connectivity index (χ3n) is 5.29. The molecule has 0 radical (unpaired) electrons. The van der Waals surface area contributed by atoms with Crippen LogP contribution in [0, 0.1) is 6.92 Å². The summed E-state index contributed by atoms with van der Waals surface area (Å²) in [5, 5.41) is 7.77. The van der Waals surface area contributed by atoms with Crippen LogP contribution in [0.15, 0.2) is 36.4 Å². The quantitative estimate of drug-likeness (QED) is 0.637. The average molecular weight is 424 g/mol. The number of benzene rings is 1. The van der Waals surface area contributed by atoms with E-state index in [-0.39, 0.29) is 5.91 Å². The number of anilines is 1. The molecular weight excluding hydrogens is 398 g/mol. The molecule has 2 amide bonds. The molecule has 0 fully saturated rings. The molecule has 1 aromatic carbocycles. The number of aromatic nitrogens is 2. The van der Waals surface area contributed by atoms with Gasteiger partial charge in [-0.2, -0.15) is 5.10 Å². The monoisotopic (exact) mass is 423 g/mol. The van der Waals surface area contributed by atoms with Crippen molar-refractivity contribution >= 4 is 28.2 Å². The predicted octanol–water partition coefficient (Wildman–Crippen LogP) is 3.18. The number of hydrogen-bond donors (Lipinski definition) is 2. The summed E-state index contributed by atoms with van der Waals surface area (Å²) in [4.78, 5) is 28.5. The van der Waals surface area contributed by atoms with Crippen LogP contribution < -0.4 is 11.1 Å². The number of hydrogen-bond acceptors (Lipinski definition) is 5. The Bertz CT molecular complexity index is 1090. The Morgan fingerprint density at radius 1 is 1.27 bits per heavy atom. The lowest BCUT2D eigenvalue weighted by molar-refractivity contribution is 0.0999. The van der Waals surface area contributed by atoms with Crippen molar-refractivity contribution in [3.63, 3.8) is 0 Å². The molecule has 7 nitrogen and oxygen atoms in total. The fourth-order valence-electron chi connectivity index (χ4n) is 3.92. The van der Waals surface area contributed by atoms with Crippen LogP contribution in [0.4, 0.5) is 5.00 Å². The highest BCUT2D eigenvalue weighted by Crippen LogP contribution is 2.37. The molecule has 0 saturated carbocycles. The van der Waals surface area contributed by atoms with Crippen molar-refractivity contribution in [3.05, 3.63) is 69.4 Å². The largest absolute Gasteiger partial charge is 0.365 e. The van der Waals surface area contributed by atoms with Gasteiger partial charge >= 0.3 is 0 Å². The van der Waals surface area contributed by atoms with Crippen LogP contribution in [-0.2, 0) is 26.1 Å². The number of fused-ring (bicyclic) bond motifs is 1. The van der Waals surface area contributed by atoms with E-state index in [0.717, 1.165) is 42.2 Å². The average Bonchev–Trinajstić information content (AvgIpc) is 3.28. The van der Waals surface area contributed by atoms with Gasteiger partial charge < -0.3 is 11.1 Å². The highest BCUT2D eigenvalue weighted by Gasteiger charge is 2.28. The molecule has 30 heavy (non-hydrogen) atoms. The van der Waals surface area contributed by atoms with E-state index in [9.17, 15) is 9.59 Å². The van der Waals surface area contributed by atoms with Crippen molar-refractivity contribution in [2.45, 2.75) is 39.9 Å². The Labute approximate surface area is 179 Å². The van der Waals surface area contributed by atoms with Gasteiger partial charge in [-0.25, -0.2) is 0 Å². The minimum Gasteiger partial charge on any atom is -0.365 e. The van der Waals surface area contributed by atoms with Gasteiger partial charge in [0.25, 0.3) is 11.8 Å². The fourth-order valence-corrected chi connectivity index (χ4v) is 5.21. The molecule has 8 heteroatoms. The van der Waals surface area contributed by atoms with E-state index in [1.807, 2.05) is 32.0 Å². The molecule has 0 saturated heterocycles. The maximum Gasteiger partial charge on any atom is 0.274 e. The fraction of sp³-hybridized carbons (Fsp3) is 0.318. The molecule has 4 rings (SSSR count). The Kier molecular flexibility index (Phi) is 5.69. The van der Waals surface area contributed by atoms with E-state index < -0.39 is 5.91 Å². The molecule has 0 atom stereocenters. The molecule has 1 aliphatic heterocycles. The molecule has 0 spiro atoms. The summed E-state index contributed by atoms with van der Waals surface area (Å²) in [6, 6.07) is 12.1. The van der Waals surface area contributed by atoms with Crippen molar-refractivity contribution in [2.75, 3.05) is 11.9 Å². The molecule has 3 heterocycles. The van der Waals surface area contributed by atoms with E-state index in [4.69, 9.17) is 5.73 Å². The number of nitrogens with one attached hydrogen (secondary N) is 1. The second-order valence-corrected chi connectivity index (χ2v) is 8.56. The van der Waals surface area contributed by atoms with Gasteiger partial charge in [-0.05, 0) is 37.5 Å². The number of rotatable bonds is 6. The Hall–Kier alpha value is -2.97. The molecule has 1 aliphatic rings. The number of primary amides is 1. The zero-order valence-electron chi connectivity index (χ0n) is 17.1. The first-order valence-electron chi connectivity index (χ1n) is 10.0. The van der Waals surface area contributed by atoms with Gasteiger partial charge in [-0.15, -0.1) is 11.3 Å². The van der Waals surface area contributed by atoms with Gasteiger partial charge in [-0.1, -0.05) is 30.3 Å². The van der Waals surface area contributed by atoms with Gasteiger partial charge in [0.1, 0.15) is 10.7 Å². The molecule has 156 valence electrons. The van der Waals surface area contributed by atoms with Crippen LogP contribution in [-0.4, -0.2) is 33.0 Å². The number of amides is 2. The Balaban J connectivity index is 1.58. The van der Waals surface area contributed by atoms with Crippen LogP contribution in [0.25, 0.3) is 0 Å². The molecule has 2 aromatic heterocycles. The summed E-state index contributed by atoms with van der Waals surface area (Å²) in [5.74, 6) is -0.779. The maximum absolute atomic E-state index is 12.9. The summed E-state index contributed by atoms with van der Waals surface area (Å²) < 4.78 is 1.66. The topological polar surface area (TPSA) is 93.2 Å². The van der Waals surface area contributed by atoms with Crippen molar-refractivity contribution in [2.24, 2.45) is 5.73 Å². The van der Waals surface area contributed by atoms with E-state index in [2.05, 4.69) is 27.4 Å². The minimum atomic E-state index is -0.500. The molecule has 0 bridgehead atoms. The number of nitrogens with zero attached hydrogens (tertiary/aromatic N) is 3. The summed E-state index contributed by atoms with van der Waals surface area (Å²) in [6.45, 7) is 6.80. The van der Waals surface area contributed by atoms with Crippen LogP contribution in [0.2, 0.25) is 0 Å². The van der Waals surface area contributed by atoms with Crippen LogP contribution in [0.3, 0.4) is 0 Å². The van der Waals surface area contributed by atoms with Gasteiger partial charge in [0, 0.05) is 31.1 Å². The molecule has 3 N–H and O–H groups in total. The standard InChI is InChI=1S/C22H25N5O2S/c1-3-27-17(11-14(2)25-27)21(29)24-22-19(20(23)28)16-9-10-26(13-18(16)30-22)12-15-7-5-4-6-8-15/h4-8,11H,3,9-10,12-13H2,1-2H3,(H2,23,28)(H,24,29). The summed E-state index contributed by atoms with van der Waals surface area (Å²) in [6.07, 6.45) is 0.735. The van der Waals surface area contributed by atoms with Gasteiger partial charge in [0.2, 0.25) is 0 Å². The second kappa shape index (κ2) is 8.41. The summed E-state index contributed by atoms with van der Waals surface area (Å²) in [5.41, 5.74) is 9.62. The number of thiophene rings is 1. The lowest BCUT2D eigenvalue weighted by atomic mass is 10.0. The van der Waals surface area contributed by atoms with Crippen LogP contribution >= 0.6 is 11.3 Å². The minimum absolute atomic E-state index is 0.278. The van der Waals surface area contributed by atoms with Crippen LogP contribution in [0.5, 0.6) is 0 Å². The van der Waals surface area contributed by atoms with Gasteiger partial charge in [0.05, 0.1) is 11.3 Å². The number of carbonyl (C=O) groups is 2. The first-order chi connectivity index (χ1) is 14.5. The third-order valence-corrected chi connectivity index (χ3v) is 6.42. The first-order valence-corrected chi connectivity index (χ1v) is 10.8. The second-order valence-electron chi connectivity index (χ2n) is 7.46. The predicted molar refractivity (Wildman–Crippen MR) is 118 cm³/mol. The zero-order chi connectivity index (χ0) is 21.3. The lowest BCUT2D eigenvalue weighted by Gasteiger charge is -2.27. The van der Waals surface area contributed by atoms with E-state index in [1.54, 1.807) is 10.7 Å². The third kappa shape index (κ3) is 4.01. The molecule has 3 aromatic rings. The molecular formula is C22H25N5O2S. The van der Waals surface area contributed by atoms with Crippen molar-refractivity contribution < 1.29 is 9.59 Å². The number of nitrogens with two attached hydrogens (primary N) is 1. The number of aryl methyl sites for hydroxylation is 2. The van der Waals surface area contributed by atoms with Crippen molar-refractivity contribution in [1.82, 2.24) is 14.7 Å². The zero-order valence-corrected chi connectivity index (χ0v) is 18.0. The highest BCUT2D eigenvalue weighted by atomic mass is 32.1. The van der Waals surface area contributed by atoms with Crippen molar-refractivity contribution in [1.29, 1.82) is 0 Å². The van der Waals surface area contributed by atoms with Crippen LogP contribution in [0.1, 0.15) is 49.5 Å². The smallest absolute Gasteiger partial charge is 0.274 e. The van der Waals surface area contributed by atoms with Crippen molar-refractivity contribution in [3.8, 4) is 0 Å². The van der Waals surface area contributed by atoms with Gasteiger partial charge in [0.15, 0.2) is 0 Å². The molecule has 0 aliphatic carbocycles. The van der Waals surface area contributed by atoms with E-state index >= 15 is 0 Å². The summed E-state index contributed by atoms with van der Waals surface area (Å²) in [7, 11) is 0. The maximum atomic E-state index is 12.9. The van der Waals surface area contributed by atoms with E-state index in [1.165, 1.54) is 16.9 Å². The Morgan fingerprint density at radius 2 is 2.03 bits per heavy atom. The lowest BCUT2D eigenvalue weighted by Crippen LogP contribution is -2.30. The first kappa shape index (κ1) is 20.3. The van der Waals surface area contributed by atoms with E-state index in [0.29, 0.717) is 22.8 Å². The summed E-state index contributed by atoms with van der Waals surface area (Å²) >= 11 is 1.44. The molecule has 0 unspecified atom stereocenters. The SMILES string of the molecule is CCn1nc(C)cc1C(=O)Nc1sc2c(c1C(N)=O)CCN(Cc1ccccc1)C2. The van der Waals surface area contributed by atoms with Gasteiger partial charge in [-0.3, -0.25) is 19.2 Å². The highest BCUT2D eigenvalue weighted by molar-refractivity contribution is 7.17.